The van der Waals surface area contributed by atoms with Crippen molar-refractivity contribution < 1.29 is 42.7 Å². The van der Waals surface area contributed by atoms with E-state index >= 15 is 0 Å². The van der Waals surface area contributed by atoms with Gasteiger partial charge in [0.05, 0.1) is 19.3 Å². The molecule has 0 amide bonds. The Morgan fingerprint density at radius 1 is 1.07 bits per heavy atom. The Balaban J connectivity index is 1.51. The molecular formula is C21H24O9. The standard InChI is InChI=1S/C21H24O9/c1-5-25-19(23)16-13(26-10-11-6-8-12(9-7-11)18(22)24-4)14-15(27-16)17-20(28-14)30-21(2,3)29-17/h6-9,14-15,17,20H,5,10H2,1-4H3/t14-,15+,17-,20-/m1/s1. The molecule has 0 radical (unpaired) electrons. The van der Waals surface area contributed by atoms with Crippen LogP contribution in [0.25, 0.3) is 0 Å². The highest BCUT2D eigenvalue weighted by Gasteiger charge is 2.61. The first-order valence-corrected chi connectivity index (χ1v) is 9.72. The zero-order valence-corrected chi connectivity index (χ0v) is 17.2. The molecule has 1 aromatic rings. The maximum absolute atomic E-state index is 12.4. The number of fused-ring (bicyclic) bond motifs is 3. The van der Waals surface area contributed by atoms with E-state index in [0.717, 1.165) is 5.56 Å². The molecule has 0 N–H and O–H groups in total. The predicted molar refractivity (Wildman–Crippen MR) is 99.8 cm³/mol. The molecule has 2 saturated heterocycles. The summed E-state index contributed by atoms with van der Waals surface area (Å²) < 4.78 is 39.2. The third-order valence-corrected chi connectivity index (χ3v) is 4.96. The van der Waals surface area contributed by atoms with Crippen molar-refractivity contribution in [1.82, 2.24) is 0 Å². The summed E-state index contributed by atoms with van der Waals surface area (Å²) in [5.74, 6) is -1.63. The summed E-state index contributed by atoms with van der Waals surface area (Å²) in [6.07, 6.45) is -2.33. The summed E-state index contributed by atoms with van der Waals surface area (Å²) in [6.45, 7) is 5.61. The molecule has 9 nitrogen and oxygen atoms in total. The molecule has 0 aliphatic carbocycles. The number of ether oxygens (including phenoxy) is 7. The smallest absolute Gasteiger partial charge is 0.377 e. The molecule has 2 fully saturated rings. The lowest BCUT2D eigenvalue weighted by atomic mass is 10.1. The van der Waals surface area contributed by atoms with Crippen molar-refractivity contribution in [3.8, 4) is 0 Å². The highest BCUT2D eigenvalue weighted by Crippen LogP contribution is 2.45. The maximum Gasteiger partial charge on any atom is 0.377 e. The second-order valence-corrected chi connectivity index (χ2v) is 7.50. The molecule has 0 spiro atoms. The molecule has 3 aliphatic rings. The van der Waals surface area contributed by atoms with Crippen LogP contribution in [0.2, 0.25) is 0 Å². The number of carbonyl (C=O) groups is 2. The summed E-state index contributed by atoms with van der Waals surface area (Å²) in [5.41, 5.74) is 1.22. The van der Waals surface area contributed by atoms with Crippen LogP contribution < -0.4 is 0 Å². The molecule has 3 aliphatic heterocycles. The topological polar surface area (TPSA) is 98.8 Å². The third kappa shape index (κ3) is 3.76. The van der Waals surface area contributed by atoms with Crippen LogP contribution >= 0.6 is 0 Å². The second-order valence-electron chi connectivity index (χ2n) is 7.50. The number of hydrogen-bond donors (Lipinski definition) is 0. The van der Waals surface area contributed by atoms with Gasteiger partial charge in [0.25, 0.3) is 0 Å². The van der Waals surface area contributed by atoms with E-state index in [1.165, 1.54) is 7.11 Å². The summed E-state index contributed by atoms with van der Waals surface area (Å²) in [5, 5.41) is 0. The SMILES string of the molecule is CCOC(=O)C1=C(OCc2ccc(C(=O)OC)cc2)[C@H]2O[C@@H]3OC(C)(C)O[C@@H]3[C@H]2O1. The van der Waals surface area contributed by atoms with Crippen molar-refractivity contribution in [2.45, 2.75) is 57.8 Å². The fourth-order valence-electron chi connectivity index (χ4n) is 3.65. The van der Waals surface area contributed by atoms with Crippen LogP contribution in [0.1, 0.15) is 36.7 Å². The number of rotatable bonds is 6. The molecule has 1 aromatic carbocycles. The van der Waals surface area contributed by atoms with E-state index in [2.05, 4.69) is 0 Å². The molecule has 3 heterocycles. The number of hydrogen-bond acceptors (Lipinski definition) is 9. The normalized spacial score (nSPS) is 28.5. The van der Waals surface area contributed by atoms with E-state index in [0.29, 0.717) is 5.56 Å². The Bertz CT molecular complexity index is 858. The fourth-order valence-corrected chi connectivity index (χ4v) is 3.65. The lowest BCUT2D eigenvalue weighted by Crippen LogP contribution is -2.34. The molecule has 0 unspecified atom stereocenters. The average Bonchev–Trinajstić information content (AvgIpc) is 3.32. The van der Waals surface area contributed by atoms with Gasteiger partial charge < -0.3 is 33.2 Å². The minimum atomic E-state index is -0.807. The Kier molecular flexibility index (Phi) is 5.44. The molecule has 0 saturated carbocycles. The summed E-state index contributed by atoms with van der Waals surface area (Å²) in [6, 6.07) is 6.75. The van der Waals surface area contributed by atoms with Gasteiger partial charge in [0.2, 0.25) is 5.76 Å². The first-order chi connectivity index (χ1) is 14.3. The van der Waals surface area contributed by atoms with Gasteiger partial charge in [-0.1, -0.05) is 12.1 Å². The molecule has 4 rings (SSSR count). The molecule has 9 heteroatoms. The fraction of sp³-hybridized carbons (Fsp3) is 0.524. The van der Waals surface area contributed by atoms with E-state index in [-0.39, 0.29) is 24.7 Å². The van der Waals surface area contributed by atoms with Crippen molar-refractivity contribution in [3.05, 3.63) is 46.9 Å². The Hall–Kier alpha value is -2.62. The monoisotopic (exact) mass is 420 g/mol. The van der Waals surface area contributed by atoms with Crippen LogP contribution in [-0.4, -0.2) is 56.0 Å². The lowest BCUT2D eigenvalue weighted by Gasteiger charge is -2.21. The van der Waals surface area contributed by atoms with Crippen LogP contribution in [0, 0.1) is 0 Å². The number of esters is 2. The van der Waals surface area contributed by atoms with E-state index in [4.69, 9.17) is 33.2 Å². The highest BCUT2D eigenvalue weighted by atomic mass is 16.8. The summed E-state index contributed by atoms with van der Waals surface area (Å²) in [4.78, 5) is 24.0. The van der Waals surface area contributed by atoms with Crippen LogP contribution in [0.4, 0.5) is 0 Å². The summed E-state index contributed by atoms with van der Waals surface area (Å²) in [7, 11) is 1.32. The average molecular weight is 420 g/mol. The Labute approximate surface area is 173 Å². The predicted octanol–water partition coefficient (Wildman–Crippen LogP) is 2.04. The van der Waals surface area contributed by atoms with Gasteiger partial charge in [0.15, 0.2) is 36.1 Å². The van der Waals surface area contributed by atoms with Gasteiger partial charge in [-0.25, -0.2) is 9.59 Å². The zero-order chi connectivity index (χ0) is 21.5. The van der Waals surface area contributed by atoms with Crippen molar-refractivity contribution in [2.24, 2.45) is 0 Å². The van der Waals surface area contributed by atoms with Crippen molar-refractivity contribution in [3.63, 3.8) is 0 Å². The summed E-state index contributed by atoms with van der Waals surface area (Å²) >= 11 is 0. The quantitative estimate of drug-likeness (QED) is 0.640. The highest BCUT2D eigenvalue weighted by molar-refractivity contribution is 5.89. The van der Waals surface area contributed by atoms with Crippen LogP contribution in [0.5, 0.6) is 0 Å². The second kappa shape index (κ2) is 7.90. The minimum Gasteiger partial charge on any atom is -0.486 e. The van der Waals surface area contributed by atoms with Gasteiger partial charge in [-0.2, -0.15) is 0 Å². The van der Waals surface area contributed by atoms with E-state index < -0.39 is 42.3 Å². The van der Waals surface area contributed by atoms with Crippen LogP contribution in [0.15, 0.2) is 35.8 Å². The van der Waals surface area contributed by atoms with Gasteiger partial charge in [-0.15, -0.1) is 0 Å². The number of benzene rings is 1. The van der Waals surface area contributed by atoms with Crippen LogP contribution in [-0.2, 0) is 44.6 Å². The maximum atomic E-state index is 12.4. The van der Waals surface area contributed by atoms with Crippen LogP contribution in [0.3, 0.4) is 0 Å². The van der Waals surface area contributed by atoms with Crippen molar-refractivity contribution in [1.29, 1.82) is 0 Å². The van der Waals surface area contributed by atoms with E-state index in [9.17, 15) is 9.59 Å². The Morgan fingerprint density at radius 2 is 1.80 bits per heavy atom. The van der Waals surface area contributed by atoms with E-state index in [1.807, 2.05) is 0 Å². The molecule has 30 heavy (non-hydrogen) atoms. The first-order valence-electron chi connectivity index (χ1n) is 9.72. The van der Waals surface area contributed by atoms with E-state index in [1.54, 1.807) is 45.0 Å². The molecule has 162 valence electrons. The minimum absolute atomic E-state index is 0.0233. The van der Waals surface area contributed by atoms with Gasteiger partial charge in [-0.3, -0.25) is 0 Å². The molecule has 0 bridgehead atoms. The van der Waals surface area contributed by atoms with Crippen molar-refractivity contribution in [2.75, 3.05) is 13.7 Å². The van der Waals surface area contributed by atoms with Gasteiger partial charge >= 0.3 is 11.9 Å². The Morgan fingerprint density at radius 3 is 2.47 bits per heavy atom. The first kappa shape index (κ1) is 20.6. The van der Waals surface area contributed by atoms with Gasteiger partial charge in [0, 0.05) is 0 Å². The third-order valence-electron chi connectivity index (χ3n) is 4.96. The number of methoxy groups -OCH3 is 1. The number of carbonyl (C=O) groups excluding carboxylic acids is 2. The molecular weight excluding hydrogens is 396 g/mol. The lowest BCUT2D eigenvalue weighted by molar-refractivity contribution is -0.210. The largest absolute Gasteiger partial charge is 0.486 e. The van der Waals surface area contributed by atoms with Gasteiger partial charge in [0.1, 0.15) is 6.61 Å². The van der Waals surface area contributed by atoms with Crippen molar-refractivity contribution >= 4 is 11.9 Å². The van der Waals surface area contributed by atoms with Gasteiger partial charge in [-0.05, 0) is 38.5 Å². The molecule has 4 atom stereocenters. The zero-order valence-electron chi connectivity index (χ0n) is 17.2. The molecule has 0 aromatic heterocycles.